The van der Waals surface area contributed by atoms with Crippen LogP contribution in [0, 0.1) is 0 Å². The van der Waals surface area contributed by atoms with Crippen molar-refractivity contribution >= 4 is 17.8 Å². The minimum Gasteiger partial charge on any atom is -0.460 e. The van der Waals surface area contributed by atoms with Crippen molar-refractivity contribution < 1.29 is 19.1 Å². The molecule has 6 nitrogen and oxygen atoms in total. The summed E-state index contributed by atoms with van der Waals surface area (Å²) in [7, 11) is 0. The SMILES string of the molecule is CCNC(=O)C(C)NC(=O)CCC(=O)OC(C)(C)C. The molecule has 0 aromatic rings. The van der Waals surface area contributed by atoms with Gasteiger partial charge in [-0.15, -0.1) is 0 Å². The molecule has 0 rings (SSSR count). The Labute approximate surface area is 114 Å². The highest BCUT2D eigenvalue weighted by Crippen LogP contribution is 2.09. The molecule has 1 unspecified atom stereocenters. The smallest absolute Gasteiger partial charge is 0.306 e. The Morgan fingerprint density at radius 1 is 1.16 bits per heavy atom. The lowest BCUT2D eigenvalue weighted by Gasteiger charge is -2.19. The summed E-state index contributed by atoms with van der Waals surface area (Å²) in [6.07, 6.45) is 0.0177. The van der Waals surface area contributed by atoms with Crippen molar-refractivity contribution in [2.24, 2.45) is 0 Å². The Kier molecular flexibility index (Phi) is 7.11. The molecule has 2 N–H and O–H groups in total. The van der Waals surface area contributed by atoms with Gasteiger partial charge in [0.25, 0.3) is 0 Å². The number of ether oxygens (including phenoxy) is 1. The maximum atomic E-state index is 11.5. The van der Waals surface area contributed by atoms with E-state index in [0.717, 1.165) is 0 Å². The summed E-state index contributed by atoms with van der Waals surface area (Å²) >= 11 is 0. The number of nitrogens with one attached hydrogen (secondary N) is 2. The van der Waals surface area contributed by atoms with Crippen molar-refractivity contribution in [2.75, 3.05) is 6.54 Å². The van der Waals surface area contributed by atoms with Crippen LogP contribution in [0.25, 0.3) is 0 Å². The molecule has 110 valence electrons. The fraction of sp³-hybridized carbons (Fsp3) is 0.769. The summed E-state index contributed by atoms with van der Waals surface area (Å²) in [5.74, 6) is -1.01. The average molecular weight is 272 g/mol. The van der Waals surface area contributed by atoms with Gasteiger partial charge >= 0.3 is 5.97 Å². The highest BCUT2D eigenvalue weighted by molar-refractivity contribution is 5.88. The largest absolute Gasteiger partial charge is 0.460 e. The predicted octanol–water partition coefficient (Wildman–Crippen LogP) is 0.749. The lowest BCUT2D eigenvalue weighted by atomic mass is 10.2. The predicted molar refractivity (Wildman–Crippen MR) is 71.4 cm³/mol. The van der Waals surface area contributed by atoms with Gasteiger partial charge in [0.05, 0.1) is 6.42 Å². The van der Waals surface area contributed by atoms with Gasteiger partial charge in [-0.05, 0) is 34.6 Å². The monoisotopic (exact) mass is 272 g/mol. The number of esters is 1. The van der Waals surface area contributed by atoms with Crippen LogP contribution >= 0.6 is 0 Å². The molecule has 0 spiro atoms. The van der Waals surface area contributed by atoms with Gasteiger partial charge in [0.2, 0.25) is 11.8 Å². The summed E-state index contributed by atoms with van der Waals surface area (Å²) in [6, 6.07) is -0.605. The van der Waals surface area contributed by atoms with Gasteiger partial charge in [0.1, 0.15) is 11.6 Å². The molecule has 0 aromatic carbocycles. The van der Waals surface area contributed by atoms with Crippen molar-refractivity contribution in [1.29, 1.82) is 0 Å². The Bertz CT molecular complexity index is 334. The van der Waals surface area contributed by atoms with Crippen molar-refractivity contribution in [2.45, 2.75) is 59.1 Å². The van der Waals surface area contributed by atoms with Gasteiger partial charge in [-0.3, -0.25) is 14.4 Å². The van der Waals surface area contributed by atoms with E-state index >= 15 is 0 Å². The maximum absolute atomic E-state index is 11.5. The first-order valence-corrected chi connectivity index (χ1v) is 6.44. The lowest BCUT2D eigenvalue weighted by Crippen LogP contribution is -2.44. The van der Waals surface area contributed by atoms with Gasteiger partial charge in [-0.2, -0.15) is 0 Å². The van der Waals surface area contributed by atoms with Gasteiger partial charge in [0, 0.05) is 13.0 Å². The van der Waals surface area contributed by atoms with E-state index in [2.05, 4.69) is 10.6 Å². The number of rotatable bonds is 6. The third-order valence-corrected chi connectivity index (χ3v) is 2.10. The van der Waals surface area contributed by atoms with E-state index < -0.39 is 17.6 Å². The average Bonchev–Trinajstić information content (AvgIpc) is 2.24. The number of likely N-dealkylation sites (N-methyl/N-ethyl adjacent to an activating group) is 1. The second-order valence-electron chi connectivity index (χ2n) is 5.27. The van der Waals surface area contributed by atoms with E-state index in [9.17, 15) is 14.4 Å². The molecule has 0 radical (unpaired) electrons. The third-order valence-electron chi connectivity index (χ3n) is 2.10. The van der Waals surface area contributed by atoms with Crippen molar-refractivity contribution in [3.63, 3.8) is 0 Å². The van der Waals surface area contributed by atoms with Crippen molar-refractivity contribution in [3.8, 4) is 0 Å². The second-order valence-corrected chi connectivity index (χ2v) is 5.27. The standard InChI is InChI=1S/C13H24N2O4/c1-6-14-12(18)9(2)15-10(16)7-8-11(17)19-13(3,4)5/h9H,6-8H2,1-5H3,(H,14,18)(H,15,16). The minimum absolute atomic E-state index is 0.00518. The molecule has 0 bridgehead atoms. The Morgan fingerprint density at radius 2 is 1.74 bits per heavy atom. The minimum atomic E-state index is -0.605. The zero-order valence-electron chi connectivity index (χ0n) is 12.3. The normalized spacial score (nSPS) is 12.5. The molecule has 0 heterocycles. The zero-order chi connectivity index (χ0) is 15.1. The number of amides is 2. The molecule has 0 saturated carbocycles. The van der Waals surface area contributed by atoms with E-state index in [-0.39, 0.29) is 24.7 Å². The number of hydrogen-bond donors (Lipinski definition) is 2. The molecular weight excluding hydrogens is 248 g/mol. The molecule has 0 aliphatic heterocycles. The molecule has 0 aliphatic carbocycles. The molecule has 0 aromatic heterocycles. The second kappa shape index (κ2) is 7.76. The van der Waals surface area contributed by atoms with E-state index in [0.29, 0.717) is 6.54 Å². The van der Waals surface area contributed by atoms with Crippen LogP contribution in [0.5, 0.6) is 0 Å². The highest BCUT2D eigenvalue weighted by Gasteiger charge is 2.18. The summed E-state index contributed by atoms with van der Waals surface area (Å²) in [6.45, 7) is 9.20. The first-order valence-electron chi connectivity index (χ1n) is 6.44. The highest BCUT2D eigenvalue weighted by atomic mass is 16.6. The molecule has 2 amide bonds. The quantitative estimate of drug-likeness (QED) is 0.699. The van der Waals surface area contributed by atoms with Gasteiger partial charge in [0.15, 0.2) is 0 Å². The Hall–Kier alpha value is -1.59. The van der Waals surface area contributed by atoms with E-state index in [1.54, 1.807) is 34.6 Å². The van der Waals surface area contributed by atoms with Crippen LogP contribution in [0.2, 0.25) is 0 Å². The first-order chi connectivity index (χ1) is 8.65. The number of carbonyl (C=O) groups excluding carboxylic acids is 3. The van der Waals surface area contributed by atoms with Crippen LogP contribution in [-0.4, -0.2) is 36.0 Å². The summed E-state index contributed by atoms with van der Waals surface area (Å²) in [5, 5.41) is 5.13. The lowest BCUT2D eigenvalue weighted by molar-refractivity contribution is -0.155. The van der Waals surface area contributed by atoms with E-state index in [4.69, 9.17) is 4.74 Å². The number of carbonyl (C=O) groups is 3. The number of hydrogen-bond acceptors (Lipinski definition) is 4. The maximum Gasteiger partial charge on any atom is 0.306 e. The van der Waals surface area contributed by atoms with Crippen LogP contribution < -0.4 is 10.6 Å². The molecule has 0 fully saturated rings. The van der Waals surface area contributed by atoms with E-state index in [1.165, 1.54) is 0 Å². The summed E-state index contributed by atoms with van der Waals surface area (Å²) in [4.78, 5) is 34.3. The van der Waals surface area contributed by atoms with E-state index in [1.807, 2.05) is 0 Å². The molecule has 19 heavy (non-hydrogen) atoms. The van der Waals surface area contributed by atoms with Crippen molar-refractivity contribution in [3.05, 3.63) is 0 Å². The van der Waals surface area contributed by atoms with Gasteiger partial charge < -0.3 is 15.4 Å². The fourth-order valence-corrected chi connectivity index (χ4v) is 1.31. The summed E-state index contributed by atoms with van der Waals surface area (Å²) in [5.41, 5.74) is -0.554. The Balaban J connectivity index is 3.99. The summed E-state index contributed by atoms with van der Waals surface area (Å²) < 4.78 is 5.08. The Morgan fingerprint density at radius 3 is 2.21 bits per heavy atom. The van der Waals surface area contributed by atoms with Crippen LogP contribution in [0.3, 0.4) is 0 Å². The topological polar surface area (TPSA) is 84.5 Å². The zero-order valence-corrected chi connectivity index (χ0v) is 12.3. The molecule has 1 atom stereocenters. The van der Waals surface area contributed by atoms with Crippen LogP contribution in [0.1, 0.15) is 47.5 Å². The molecular formula is C13H24N2O4. The molecule has 0 aliphatic rings. The first kappa shape index (κ1) is 17.4. The third kappa shape index (κ3) is 9.04. The fourth-order valence-electron chi connectivity index (χ4n) is 1.31. The van der Waals surface area contributed by atoms with Gasteiger partial charge in [-0.1, -0.05) is 0 Å². The van der Waals surface area contributed by atoms with Crippen LogP contribution in [-0.2, 0) is 19.1 Å². The van der Waals surface area contributed by atoms with Crippen molar-refractivity contribution in [1.82, 2.24) is 10.6 Å². The molecule has 0 saturated heterocycles. The van der Waals surface area contributed by atoms with Crippen LogP contribution in [0.15, 0.2) is 0 Å². The van der Waals surface area contributed by atoms with Gasteiger partial charge in [-0.25, -0.2) is 0 Å². The molecule has 6 heteroatoms. The van der Waals surface area contributed by atoms with Crippen LogP contribution in [0.4, 0.5) is 0 Å².